The highest BCUT2D eigenvalue weighted by Crippen LogP contribution is 2.38. The van der Waals surface area contributed by atoms with Gasteiger partial charge in [-0.15, -0.1) is 0 Å². The molecular formula is C15H21NO2Si. The van der Waals surface area contributed by atoms with Crippen molar-refractivity contribution in [3.63, 3.8) is 0 Å². The van der Waals surface area contributed by atoms with Gasteiger partial charge in [0.1, 0.15) is 5.75 Å². The molecule has 2 rings (SSSR count). The largest absolute Gasteiger partial charge is 0.542 e. The zero-order valence-electron chi connectivity index (χ0n) is 12.2. The minimum absolute atomic E-state index is 0.0984. The van der Waals surface area contributed by atoms with E-state index in [1.165, 1.54) is 0 Å². The molecule has 102 valence electrons. The molecule has 0 aliphatic heterocycles. The minimum atomic E-state index is -1.90. The van der Waals surface area contributed by atoms with Crippen LogP contribution in [0.5, 0.6) is 5.75 Å². The number of fused-ring (bicyclic) bond motifs is 1. The third kappa shape index (κ3) is 2.73. The van der Waals surface area contributed by atoms with Crippen LogP contribution in [-0.2, 0) is 0 Å². The van der Waals surface area contributed by atoms with Crippen LogP contribution in [-0.4, -0.2) is 13.3 Å². The van der Waals surface area contributed by atoms with Crippen molar-refractivity contribution in [2.75, 3.05) is 0 Å². The SMILES string of the molecule is CC(C)(C)[Si](C)(C)Oc1cccc2ccc(=O)[nH]c12. The Labute approximate surface area is 114 Å². The predicted octanol–water partition coefficient (Wildman–Crippen LogP) is 3.91. The molecule has 1 N–H and O–H groups in total. The van der Waals surface area contributed by atoms with Gasteiger partial charge >= 0.3 is 0 Å². The second-order valence-corrected chi connectivity index (χ2v) is 11.1. The number of aromatic nitrogens is 1. The number of para-hydroxylation sites is 1. The van der Waals surface area contributed by atoms with Crippen LogP contribution in [0.2, 0.25) is 18.1 Å². The van der Waals surface area contributed by atoms with Gasteiger partial charge in [0.25, 0.3) is 8.32 Å². The lowest BCUT2D eigenvalue weighted by atomic mass is 10.2. The zero-order chi connectivity index (χ0) is 14.3. The zero-order valence-corrected chi connectivity index (χ0v) is 13.2. The number of hydrogen-bond acceptors (Lipinski definition) is 2. The van der Waals surface area contributed by atoms with E-state index in [9.17, 15) is 4.79 Å². The Kier molecular flexibility index (Phi) is 3.30. The standard InChI is InChI=1S/C15H21NO2Si/c1-15(2,3)19(4,5)18-12-8-6-7-11-9-10-13(17)16-14(11)12/h6-10H,1-5H3,(H,16,17). The van der Waals surface area contributed by atoms with E-state index < -0.39 is 8.32 Å². The first-order valence-corrected chi connectivity index (χ1v) is 9.43. The van der Waals surface area contributed by atoms with Crippen molar-refractivity contribution in [1.29, 1.82) is 0 Å². The fraction of sp³-hybridized carbons (Fsp3) is 0.400. The molecule has 0 atom stereocenters. The smallest absolute Gasteiger partial charge is 0.250 e. The second kappa shape index (κ2) is 4.53. The van der Waals surface area contributed by atoms with Gasteiger partial charge in [0.15, 0.2) is 0 Å². The van der Waals surface area contributed by atoms with Crippen LogP contribution in [0.25, 0.3) is 10.9 Å². The topological polar surface area (TPSA) is 42.1 Å². The molecule has 0 aliphatic rings. The van der Waals surface area contributed by atoms with Crippen molar-refractivity contribution in [2.24, 2.45) is 0 Å². The molecule has 2 aromatic rings. The van der Waals surface area contributed by atoms with E-state index in [4.69, 9.17) is 4.43 Å². The fourth-order valence-corrected chi connectivity index (χ4v) is 2.69. The van der Waals surface area contributed by atoms with E-state index in [1.54, 1.807) is 6.07 Å². The summed E-state index contributed by atoms with van der Waals surface area (Å²) in [6, 6.07) is 9.23. The van der Waals surface area contributed by atoms with Gasteiger partial charge in [-0.05, 0) is 30.3 Å². The number of H-pyrrole nitrogens is 1. The molecule has 19 heavy (non-hydrogen) atoms. The van der Waals surface area contributed by atoms with E-state index >= 15 is 0 Å². The van der Waals surface area contributed by atoms with Gasteiger partial charge in [-0.3, -0.25) is 4.79 Å². The van der Waals surface area contributed by atoms with Crippen LogP contribution >= 0.6 is 0 Å². The summed E-state index contributed by atoms with van der Waals surface area (Å²) in [7, 11) is -1.90. The summed E-state index contributed by atoms with van der Waals surface area (Å²) in [4.78, 5) is 14.4. The van der Waals surface area contributed by atoms with Crippen LogP contribution in [0, 0.1) is 0 Å². The highest BCUT2D eigenvalue weighted by molar-refractivity contribution is 6.74. The molecule has 0 saturated heterocycles. The van der Waals surface area contributed by atoms with Gasteiger partial charge < -0.3 is 9.41 Å². The lowest BCUT2D eigenvalue weighted by molar-refractivity contribution is 0.495. The molecular weight excluding hydrogens is 254 g/mol. The Morgan fingerprint density at radius 2 is 1.79 bits per heavy atom. The first-order chi connectivity index (χ1) is 8.71. The third-order valence-corrected chi connectivity index (χ3v) is 8.23. The lowest BCUT2D eigenvalue weighted by Gasteiger charge is -2.36. The molecule has 0 unspecified atom stereocenters. The number of rotatable bonds is 2. The summed E-state index contributed by atoms with van der Waals surface area (Å²) in [5.41, 5.74) is 0.693. The van der Waals surface area contributed by atoms with Crippen molar-refractivity contribution in [3.8, 4) is 5.75 Å². The van der Waals surface area contributed by atoms with Crippen LogP contribution < -0.4 is 9.99 Å². The Bertz CT molecular complexity index is 653. The van der Waals surface area contributed by atoms with Gasteiger partial charge in [0.2, 0.25) is 5.56 Å². The van der Waals surface area contributed by atoms with E-state index in [0.717, 1.165) is 16.7 Å². The molecule has 0 radical (unpaired) electrons. The van der Waals surface area contributed by atoms with E-state index in [2.05, 4.69) is 38.8 Å². The molecule has 0 aliphatic carbocycles. The Morgan fingerprint density at radius 3 is 2.42 bits per heavy atom. The van der Waals surface area contributed by atoms with Gasteiger partial charge in [-0.2, -0.15) is 0 Å². The summed E-state index contributed by atoms with van der Waals surface area (Å²) in [5, 5.41) is 1.13. The molecule has 0 fully saturated rings. The number of benzene rings is 1. The van der Waals surface area contributed by atoms with E-state index in [0.29, 0.717) is 0 Å². The minimum Gasteiger partial charge on any atom is -0.542 e. The maximum atomic E-state index is 11.5. The average Bonchev–Trinajstić information content (AvgIpc) is 2.28. The maximum absolute atomic E-state index is 11.5. The average molecular weight is 275 g/mol. The quantitative estimate of drug-likeness (QED) is 0.844. The molecule has 4 heteroatoms. The molecule has 1 aromatic carbocycles. The summed E-state index contributed by atoms with van der Waals surface area (Å²) < 4.78 is 6.30. The summed E-state index contributed by atoms with van der Waals surface area (Å²) >= 11 is 0. The van der Waals surface area contributed by atoms with Crippen molar-refractivity contribution >= 4 is 19.2 Å². The third-order valence-electron chi connectivity index (χ3n) is 3.89. The molecule has 0 amide bonds. The van der Waals surface area contributed by atoms with Crippen molar-refractivity contribution in [3.05, 3.63) is 40.7 Å². The van der Waals surface area contributed by atoms with E-state index in [1.807, 2.05) is 24.3 Å². The van der Waals surface area contributed by atoms with Gasteiger partial charge in [-0.1, -0.05) is 32.9 Å². The molecule has 1 heterocycles. The Morgan fingerprint density at radius 1 is 1.11 bits per heavy atom. The molecule has 1 aromatic heterocycles. The van der Waals surface area contributed by atoms with Crippen LogP contribution in [0.4, 0.5) is 0 Å². The number of pyridine rings is 1. The van der Waals surface area contributed by atoms with Crippen LogP contribution in [0.1, 0.15) is 20.8 Å². The fourth-order valence-electron chi connectivity index (χ4n) is 1.66. The van der Waals surface area contributed by atoms with Crippen molar-refractivity contribution in [2.45, 2.75) is 38.9 Å². The Hall–Kier alpha value is -1.55. The first kappa shape index (κ1) is 13.9. The highest BCUT2D eigenvalue weighted by Gasteiger charge is 2.39. The van der Waals surface area contributed by atoms with Gasteiger partial charge in [0, 0.05) is 11.5 Å². The van der Waals surface area contributed by atoms with Crippen molar-refractivity contribution in [1.82, 2.24) is 4.98 Å². The monoisotopic (exact) mass is 275 g/mol. The van der Waals surface area contributed by atoms with Gasteiger partial charge in [0.05, 0.1) is 5.52 Å². The molecule has 3 nitrogen and oxygen atoms in total. The predicted molar refractivity (Wildman–Crippen MR) is 82.4 cm³/mol. The summed E-state index contributed by atoms with van der Waals surface area (Å²) in [6.07, 6.45) is 0. The van der Waals surface area contributed by atoms with Gasteiger partial charge in [-0.25, -0.2) is 0 Å². The summed E-state index contributed by atoms with van der Waals surface area (Å²) in [6.45, 7) is 11.0. The second-order valence-electron chi connectivity index (χ2n) is 6.41. The molecule has 0 saturated carbocycles. The molecule has 0 spiro atoms. The number of nitrogens with one attached hydrogen (secondary N) is 1. The first-order valence-electron chi connectivity index (χ1n) is 6.52. The molecule has 0 bridgehead atoms. The maximum Gasteiger partial charge on any atom is 0.250 e. The lowest BCUT2D eigenvalue weighted by Crippen LogP contribution is -2.43. The van der Waals surface area contributed by atoms with Crippen LogP contribution in [0.15, 0.2) is 35.1 Å². The Balaban J connectivity index is 2.52. The van der Waals surface area contributed by atoms with E-state index in [-0.39, 0.29) is 10.6 Å². The normalized spacial score (nSPS) is 12.7. The number of aromatic amines is 1. The summed E-state index contributed by atoms with van der Waals surface area (Å²) in [5.74, 6) is 0.779. The highest BCUT2D eigenvalue weighted by atomic mass is 28.4. The van der Waals surface area contributed by atoms with Crippen molar-refractivity contribution < 1.29 is 4.43 Å². The van der Waals surface area contributed by atoms with Crippen LogP contribution in [0.3, 0.4) is 0 Å². The number of hydrogen-bond donors (Lipinski definition) is 1.